The summed E-state index contributed by atoms with van der Waals surface area (Å²) in [5.74, 6) is -0.193. The molecule has 4 nitrogen and oxygen atoms in total. The van der Waals surface area contributed by atoms with E-state index in [9.17, 15) is 4.39 Å². The first kappa shape index (κ1) is 12.3. The van der Waals surface area contributed by atoms with Crippen LogP contribution in [0.25, 0.3) is 0 Å². The predicted octanol–water partition coefficient (Wildman–Crippen LogP) is 2.35. The average Bonchev–Trinajstić information content (AvgIpc) is 2.76. The Morgan fingerprint density at radius 1 is 1.37 bits per heavy atom. The van der Waals surface area contributed by atoms with Crippen molar-refractivity contribution < 1.29 is 9.13 Å². The highest BCUT2D eigenvalue weighted by Crippen LogP contribution is 2.48. The molecule has 5 heteroatoms. The van der Waals surface area contributed by atoms with Crippen LogP contribution in [0, 0.1) is 19.7 Å². The van der Waals surface area contributed by atoms with Gasteiger partial charge in [-0.15, -0.1) is 0 Å². The van der Waals surface area contributed by atoms with Crippen molar-refractivity contribution in [2.45, 2.75) is 39.0 Å². The fraction of sp³-hybridized carbons (Fsp3) is 0.429. The normalized spacial score (nSPS) is 25.6. The molecule has 1 aliphatic heterocycles. The molecule has 19 heavy (non-hydrogen) atoms. The molecular formula is C14H16FN3O. The number of halogens is 1. The van der Waals surface area contributed by atoms with Crippen molar-refractivity contribution in [2.75, 3.05) is 0 Å². The van der Waals surface area contributed by atoms with Crippen LogP contribution in [0.1, 0.15) is 23.6 Å². The van der Waals surface area contributed by atoms with Gasteiger partial charge in [0.05, 0.1) is 12.6 Å². The molecule has 0 spiro atoms. The van der Waals surface area contributed by atoms with Crippen molar-refractivity contribution >= 4 is 0 Å². The fourth-order valence-corrected chi connectivity index (χ4v) is 2.65. The number of ether oxygens (including phenoxy) is 1. The Morgan fingerprint density at radius 2 is 2.11 bits per heavy atom. The maximum Gasteiger partial charge on any atom is 0.139 e. The summed E-state index contributed by atoms with van der Waals surface area (Å²) in [7, 11) is 0. The van der Waals surface area contributed by atoms with Gasteiger partial charge in [-0.05, 0) is 43.5 Å². The van der Waals surface area contributed by atoms with Crippen LogP contribution in [0.15, 0.2) is 24.8 Å². The van der Waals surface area contributed by atoms with Gasteiger partial charge in [0.15, 0.2) is 0 Å². The summed E-state index contributed by atoms with van der Waals surface area (Å²) in [5, 5.41) is 4.10. The number of benzene rings is 1. The molecular weight excluding hydrogens is 245 g/mol. The Balaban J connectivity index is 2.01. The Bertz CT molecular complexity index is 611. The van der Waals surface area contributed by atoms with Crippen molar-refractivity contribution in [3.8, 4) is 0 Å². The molecule has 2 unspecified atom stereocenters. The van der Waals surface area contributed by atoms with E-state index in [2.05, 4.69) is 10.1 Å². The lowest BCUT2D eigenvalue weighted by molar-refractivity contribution is 0.262. The Kier molecular flexibility index (Phi) is 2.67. The van der Waals surface area contributed by atoms with Crippen LogP contribution in [0.3, 0.4) is 0 Å². The Morgan fingerprint density at radius 3 is 2.68 bits per heavy atom. The van der Waals surface area contributed by atoms with Gasteiger partial charge < -0.3 is 4.74 Å². The quantitative estimate of drug-likeness (QED) is 0.796. The van der Waals surface area contributed by atoms with Crippen LogP contribution in [0.5, 0.6) is 0 Å². The minimum atomic E-state index is -0.480. The summed E-state index contributed by atoms with van der Waals surface area (Å²) in [6.07, 6.45) is 3.19. The Hall–Kier alpha value is -1.75. The highest BCUT2D eigenvalue weighted by atomic mass is 19.1. The second-order valence-electron chi connectivity index (χ2n) is 5.16. The molecule has 1 saturated heterocycles. The number of aryl methyl sites for hydroxylation is 2. The van der Waals surface area contributed by atoms with E-state index in [1.165, 1.54) is 6.33 Å². The first-order chi connectivity index (χ1) is 9.03. The van der Waals surface area contributed by atoms with Gasteiger partial charge in [-0.2, -0.15) is 5.10 Å². The molecule has 0 saturated carbocycles. The standard InChI is InChI=1S/C14H16FN3O/c1-9-4-10(2)13(15)5-12(9)14(11(3)19-14)6-18-8-16-7-17-18/h4-5,7-8,11H,6H2,1-3H3. The third kappa shape index (κ3) is 1.94. The van der Waals surface area contributed by atoms with Crippen molar-refractivity contribution in [3.63, 3.8) is 0 Å². The van der Waals surface area contributed by atoms with E-state index in [-0.39, 0.29) is 11.9 Å². The maximum absolute atomic E-state index is 13.8. The molecule has 2 heterocycles. The monoisotopic (exact) mass is 261 g/mol. The molecule has 0 amide bonds. The van der Waals surface area contributed by atoms with E-state index in [4.69, 9.17) is 4.74 Å². The highest BCUT2D eigenvalue weighted by Gasteiger charge is 2.56. The zero-order valence-electron chi connectivity index (χ0n) is 11.2. The van der Waals surface area contributed by atoms with Crippen LogP contribution in [0.4, 0.5) is 4.39 Å². The topological polar surface area (TPSA) is 43.2 Å². The number of aromatic nitrogens is 3. The summed E-state index contributed by atoms with van der Waals surface area (Å²) in [6.45, 7) is 6.30. The second kappa shape index (κ2) is 4.13. The molecule has 3 rings (SSSR count). The number of hydrogen-bond acceptors (Lipinski definition) is 3. The summed E-state index contributed by atoms with van der Waals surface area (Å²) in [6, 6.07) is 3.45. The largest absolute Gasteiger partial charge is 0.359 e. The summed E-state index contributed by atoms with van der Waals surface area (Å²) >= 11 is 0. The molecule has 0 radical (unpaired) electrons. The summed E-state index contributed by atoms with van der Waals surface area (Å²) < 4.78 is 21.3. The molecule has 0 N–H and O–H groups in total. The molecule has 2 aromatic rings. The van der Waals surface area contributed by atoms with Gasteiger partial charge in [-0.3, -0.25) is 0 Å². The van der Waals surface area contributed by atoms with Crippen LogP contribution >= 0.6 is 0 Å². The minimum Gasteiger partial charge on any atom is -0.359 e. The van der Waals surface area contributed by atoms with Gasteiger partial charge in [-0.1, -0.05) is 6.07 Å². The maximum atomic E-state index is 13.8. The average molecular weight is 261 g/mol. The lowest BCUT2D eigenvalue weighted by Crippen LogP contribution is -2.22. The molecule has 1 aliphatic rings. The molecule has 1 aromatic heterocycles. The first-order valence-corrected chi connectivity index (χ1v) is 6.30. The van der Waals surface area contributed by atoms with Gasteiger partial charge in [0, 0.05) is 0 Å². The zero-order valence-corrected chi connectivity index (χ0v) is 11.2. The first-order valence-electron chi connectivity index (χ1n) is 6.30. The molecule has 2 atom stereocenters. The smallest absolute Gasteiger partial charge is 0.139 e. The van der Waals surface area contributed by atoms with E-state index < -0.39 is 5.60 Å². The van der Waals surface area contributed by atoms with E-state index in [1.54, 1.807) is 24.0 Å². The van der Waals surface area contributed by atoms with Crippen molar-refractivity contribution in [1.82, 2.24) is 14.8 Å². The minimum absolute atomic E-state index is 0.0532. The van der Waals surface area contributed by atoms with E-state index in [1.807, 2.05) is 19.9 Å². The number of hydrogen-bond donors (Lipinski definition) is 0. The lowest BCUT2D eigenvalue weighted by atomic mass is 9.90. The molecule has 0 aliphatic carbocycles. The van der Waals surface area contributed by atoms with E-state index >= 15 is 0 Å². The van der Waals surface area contributed by atoms with E-state index in [0.717, 1.165) is 11.1 Å². The van der Waals surface area contributed by atoms with Gasteiger partial charge in [-0.25, -0.2) is 14.1 Å². The lowest BCUT2D eigenvalue weighted by Gasteiger charge is -2.16. The third-order valence-electron chi connectivity index (χ3n) is 3.81. The molecule has 1 aromatic carbocycles. The number of nitrogens with zero attached hydrogens (tertiary/aromatic N) is 3. The predicted molar refractivity (Wildman–Crippen MR) is 68.1 cm³/mol. The summed E-state index contributed by atoms with van der Waals surface area (Å²) in [5.41, 5.74) is 2.12. The number of rotatable bonds is 3. The third-order valence-corrected chi connectivity index (χ3v) is 3.81. The number of epoxide rings is 1. The zero-order chi connectivity index (χ0) is 13.6. The van der Waals surface area contributed by atoms with Gasteiger partial charge >= 0.3 is 0 Å². The van der Waals surface area contributed by atoms with Crippen molar-refractivity contribution in [1.29, 1.82) is 0 Å². The van der Waals surface area contributed by atoms with Crippen molar-refractivity contribution in [3.05, 3.63) is 47.3 Å². The molecule has 100 valence electrons. The SMILES string of the molecule is Cc1cc(C)c(C2(Cn3cncn3)OC2C)cc1F. The van der Waals surface area contributed by atoms with Gasteiger partial charge in [0.1, 0.15) is 24.1 Å². The molecule has 1 fully saturated rings. The van der Waals surface area contributed by atoms with Crippen LogP contribution in [-0.2, 0) is 16.9 Å². The van der Waals surface area contributed by atoms with Gasteiger partial charge in [0.2, 0.25) is 0 Å². The van der Waals surface area contributed by atoms with Crippen LogP contribution in [-0.4, -0.2) is 20.9 Å². The Labute approximate surface area is 111 Å². The van der Waals surface area contributed by atoms with E-state index in [0.29, 0.717) is 12.1 Å². The highest BCUT2D eigenvalue weighted by molar-refractivity contribution is 5.39. The van der Waals surface area contributed by atoms with Crippen LogP contribution < -0.4 is 0 Å². The van der Waals surface area contributed by atoms with Crippen LogP contribution in [0.2, 0.25) is 0 Å². The van der Waals surface area contributed by atoms with Gasteiger partial charge in [0.25, 0.3) is 0 Å². The fourth-order valence-electron chi connectivity index (χ4n) is 2.65. The van der Waals surface area contributed by atoms with Crippen molar-refractivity contribution in [2.24, 2.45) is 0 Å². The second-order valence-corrected chi connectivity index (χ2v) is 5.16. The summed E-state index contributed by atoms with van der Waals surface area (Å²) in [4.78, 5) is 3.93. The molecule has 0 bridgehead atoms.